The third-order valence-electron chi connectivity index (χ3n) is 3.52. The number of rotatable bonds is 9. The average Bonchev–Trinajstić information content (AvgIpc) is 2.87. The van der Waals surface area contributed by atoms with Gasteiger partial charge < -0.3 is 10.1 Å². The zero-order chi connectivity index (χ0) is 13.2. The van der Waals surface area contributed by atoms with E-state index < -0.39 is 0 Å². The van der Waals surface area contributed by atoms with Gasteiger partial charge in [0, 0.05) is 25.5 Å². The number of hydrogen-bond acceptors (Lipinski definition) is 2. The lowest BCUT2D eigenvalue weighted by Gasteiger charge is -2.16. The highest BCUT2D eigenvalue weighted by atomic mass is 35.5. The zero-order valence-electron chi connectivity index (χ0n) is 11.4. The summed E-state index contributed by atoms with van der Waals surface area (Å²) in [6, 6.07) is 0. The van der Waals surface area contributed by atoms with Gasteiger partial charge in [0.25, 0.3) is 0 Å². The van der Waals surface area contributed by atoms with Crippen LogP contribution in [-0.2, 0) is 9.53 Å². The molecule has 4 heteroatoms. The lowest BCUT2D eigenvalue weighted by atomic mass is 10.0. The summed E-state index contributed by atoms with van der Waals surface area (Å²) in [5.74, 6) is 1.36. The molecule has 0 aromatic heterocycles. The van der Waals surface area contributed by atoms with Crippen LogP contribution in [0.1, 0.15) is 51.9 Å². The van der Waals surface area contributed by atoms with Gasteiger partial charge in [-0.05, 0) is 38.0 Å². The summed E-state index contributed by atoms with van der Waals surface area (Å²) >= 11 is 5.77. The minimum Gasteiger partial charge on any atom is -0.378 e. The average molecular weight is 276 g/mol. The number of nitrogens with one attached hydrogen (secondary N) is 1. The molecular weight excluding hydrogens is 250 g/mol. The lowest BCUT2D eigenvalue weighted by molar-refractivity contribution is -0.121. The second kappa shape index (κ2) is 9.62. The largest absolute Gasteiger partial charge is 0.378 e. The fourth-order valence-corrected chi connectivity index (χ4v) is 2.73. The van der Waals surface area contributed by atoms with Crippen LogP contribution in [0, 0.1) is 5.92 Å². The Morgan fingerprint density at radius 1 is 1.50 bits per heavy atom. The van der Waals surface area contributed by atoms with Crippen molar-refractivity contribution >= 4 is 17.5 Å². The summed E-state index contributed by atoms with van der Waals surface area (Å²) < 4.78 is 5.51. The molecular formula is C14H26ClNO2. The van der Waals surface area contributed by atoms with Gasteiger partial charge in [-0.2, -0.15) is 0 Å². The number of alkyl halides is 1. The molecule has 18 heavy (non-hydrogen) atoms. The summed E-state index contributed by atoms with van der Waals surface area (Å²) in [7, 11) is 0. The van der Waals surface area contributed by atoms with Crippen LogP contribution in [-0.4, -0.2) is 31.0 Å². The SMILES string of the molecule is CCCC(CCCl)CNC(=O)CCC1CCCO1. The van der Waals surface area contributed by atoms with Crippen LogP contribution < -0.4 is 5.32 Å². The maximum atomic E-state index is 11.7. The first-order valence-corrected chi connectivity index (χ1v) is 7.74. The molecule has 106 valence electrons. The molecule has 3 nitrogen and oxygen atoms in total. The highest BCUT2D eigenvalue weighted by Gasteiger charge is 2.17. The second-order valence-corrected chi connectivity index (χ2v) is 5.49. The van der Waals surface area contributed by atoms with Gasteiger partial charge in [0.2, 0.25) is 5.91 Å². The molecule has 0 spiro atoms. The summed E-state index contributed by atoms with van der Waals surface area (Å²) in [4.78, 5) is 11.7. The first-order chi connectivity index (χ1) is 8.76. The van der Waals surface area contributed by atoms with E-state index in [9.17, 15) is 4.79 Å². The fraction of sp³-hybridized carbons (Fsp3) is 0.929. The smallest absolute Gasteiger partial charge is 0.220 e. The van der Waals surface area contributed by atoms with Crippen LogP contribution in [0.15, 0.2) is 0 Å². The molecule has 0 bridgehead atoms. The quantitative estimate of drug-likeness (QED) is 0.657. The molecule has 1 aliphatic heterocycles. The maximum absolute atomic E-state index is 11.7. The zero-order valence-corrected chi connectivity index (χ0v) is 12.2. The van der Waals surface area contributed by atoms with Gasteiger partial charge >= 0.3 is 0 Å². The van der Waals surface area contributed by atoms with Crippen LogP contribution in [0.2, 0.25) is 0 Å². The number of amides is 1. The number of carbonyl (C=O) groups is 1. The third kappa shape index (κ3) is 6.60. The monoisotopic (exact) mass is 275 g/mol. The lowest BCUT2D eigenvalue weighted by Crippen LogP contribution is -2.30. The van der Waals surface area contributed by atoms with Crippen molar-refractivity contribution < 1.29 is 9.53 Å². The third-order valence-corrected chi connectivity index (χ3v) is 3.74. The molecule has 1 fully saturated rings. The van der Waals surface area contributed by atoms with E-state index in [1.54, 1.807) is 0 Å². The van der Waals surface area contributed by atoms with E-state index >= 15 is 0 Å². The van der Waals surface area contributed by atoms with Gasteiger partial charge in [-0.3, -0.25) is 4.79 Å². The first kappa shape index (κ1) is 15.8. The van der Waals surface area contributed by atoms with Gasteiger partial charge in [-0.1, -0.05) is 13.3 Å². The van der Waals surface area contributed by atoms with Gasteiger partial charge in [0.15, 0.2) is 0 Å². The Hall–Kier alpha value is -0.280. The highest BCUT2D eigenvalue weighted by Crippen LogP contribution is 2.16. The van der Waals surface area contributed by atoms with Gasteiger partial charge in [0.1, 0.15) is 0 Å². The predicted molar refractivity (Wildman–Crippen MR) is 75.0 cm³/mol. The first-order valence-electron chi connectivity index (χ1n) is 7.20. The van der Waals surface area contributed by atoms with Crippen molar-refractivity contribution in [2.75, 3.05) is 19.0 Å². The molecule has 0 aromatic rings. The number of hydrogen-bond donors (Lipinski definition) is 1. The number of halogens is 1. The van der Waals surface area contributed by atoms with Crippen LogP contribution in [0.3, 0.4) is 0 Å². The number of ether oxygens (including phenoxy) is 1. The van der Waals surface area contributed by atoms with E-state index in [-0.39, 0.29) is 5.91 Å². The molecule has 2 unspecified atom stereocenters. The normalized spacial score (nSPS) is 20.9. The summed E-state index contributed by atoms with van der Waals surface area (Å²) in [5.41, 5.74) is 0. The van der Waals surface area contributed by atoms with Crippen LogP contribution >= 0.6 is 11.6 Å². The highest BCUT2D eigenvalue weighted by molar-refractivity contribution is 6.17. The van der Waals surface area contributed by atoms with E-state index in [1.165, 1.54) is 0 Å². The Balaban J connectivity index is 2.10. The van der Waals surface area contributed by atoms with Gasteiger partial charge in [0.05, 0.1) is 6.10 Å². The van der Waals surface area contributed by atoms with E-state index in [0.29, 0.717) is 24.3 Å². The standard InChI is InChI=1S/C14H26ClNO2/c1-2-4-12(8-9-15)11-16-14(17)7-6-13-5-3-10-18-13/h12-13H,2-11H2,1H3,(H,16,17). The minimum atomic E-state index is 0.154. The minimum absolute atomic E-state index is 0.154. The predicted octanol–water partition coefficient (Wildman–Crippen LogP) is 3.11. The Kier molecular flexibility index (Phi) is 8.44. The Morgan fingerprint density at radius 3 is 2.94 bits per heavy atom. The van der Waals surface area contributed by atoms with Crippen molar-refractivity contribution in [2.24, 2.45) is 5.92 Å². The van der Waals surface area contributed by atoms with E-state index in [4.69, 9.17) is 16.3 Å². The van der Waals surface area contributed by atoms with Crippen LogP contribution in [0.4, 0.5) is 0 Å². The van der Waals surface area contributed by atoms with E-state index in [2.05, 4.69) is 12.2 Å². The Morgan fingerprint density at radius 2 is 2.33 bits per heavy atom. The van der Waals surface area contributed by atoms with Crippen LogP contribution in [0.25, 0.3) is 0 Å². The van der Waals surface area contributed by atoms with Crippen molar-refractivity contribution in [1.82, 2.24) is 5.32 Å². The van der Waals surface area contributed by atoms with Crippen molar-refractivity contribution in [3.8, 4) is 0 Å². The molecule has 1 amide bonds. The number of carbonyl (C=O) groups excluding carboxylic acids is 1. The van der Waals surface area contributed by atoms with Crippen molar-refractivity contribution in [2.45, 2.75) is 58.0 Å². The molecule has 1 aliphatic rings. The second-order valence-electron chi connectivity index (χ2n) is 5.11. The molecule has 0 aliphatic carbocycles. The molecule has 1 N–H and O–H groups in total. The Labute approximate surface area is 116 Å². The van der Waals surface area contributed by atoms with Crippen molar-refractivity contribution in [1.29, 1.82) is 0 Å². The van der Waals surface area contributed by atoms with E-state index in [0.717, 1.165) is 51.7 Å². The summed E-state index contributed by atoms with van der Waals surface area (Å²) in [5, 5.41) is 3.02. The van der Waals surface area contributed by atoms with Gasteiger partial charge in [-0.25, -0.2) is 0 Å². The van der Waals surface area contributed by atoms with Gasteiger partial charge in [-0.15, -0.1) is 11.6 Å². The molecule has 1 heterocycles. The Bertz CT molecular complexity index is 224. The topological polar surface area (TPSA) is 38.3 Å². The molecule has 0 saturated carbocycles. The molecule has 0 aromatic carbocycles. The van der Waals surface area contributed by atoms with Crippen molar-refractivity contribution in [3.05, 3.63) is 0 Å². The van der Waals surface area contributed by atoms with Crippen LogP contribution in [0.5, 0.6) is 0 Å². The maximum Gasteiger partial charge on any atom is 0.220 e. The molecule has 1 saturated heterocycles. The van der Waals surface area contributed by atoms with E-state index in [1.807, 2.05) is 0 Å². The fourth-order valence-electron chi connectivity index (χ4n) is 2.42. The molecule has 1 rings (SSSR count). The molecule has 0 radical (unpaired) electrons. The molecule has 2 atom stereocenters. The summed E-state index contributed by atoms with van der Waals surface area (Å²) in [6.45, 7) is 3.80. The summed E-state index contributed by atoms with van der Waals surface area (Å²) in [6.07, 6.45) is 7.28. The van der Waals surface area contributed by atoms with Crippen molar-refractivity contribution in [3.63, 3.8) is 0 Å².